The third kappa shape index (κ3) is 3.69. The number of nitrogens with one attached hydrogen (secondary N) is 1. The molecule has 2 heterocycles. The van der Waals surface area contributed by atoms with Crippen LogP contribution in [0.5, 0.6) is 5.75 Å². The van der Waals surface area contributed by atoms with Gasteiger partial charge in [-0.2, -0.15) is 0 Å². The van der Waals surface area contributed by atoms with E-state index in [9.17, 15) is 4.79 Å². The zero-order valence-corrected chi connectivity index (χ0v) is 17.2. The molecule has 1 aliphatic rings. The zero-order valence-electron chi connectivity index (χ0n) is 14.8. The summed E-state index contributed by atoms with van der Waals surface area (Å²) < 4.78 is 6.65. The number of aromatic amines is 1. The van der Waals surface area contributed by atoms with E-state index < -0.39 is 0 Å². The summed E-state index contributed by atoms with van der Waals surface area (Å²) in [7, 11) is 0. The third-order valence-electron chi connectivity index (χ3n) is 4.83. The number of benzene rings is 2. The highest BCUT2D eigenvalue weighted by Crippen LogP contribution is 2.34. The van der Waals surface area contributed by atoms with E-state index in [1.807, 2.05) is 42.2 Å². The number of halogens is 2. The maximum absolute atomic E-state index is 12.8. The van der Waals surface area contributed by atoms with E-state index in [4.69, 9.17) is 16.3 Å². The van der Waals surface area contributed by atoms with E-state index in [1.165, 1.54) is 0 Å². The molecule has 0 radical (unpaired) electrons. The van der Waals surface area contributed by atoms with Gasteiger partial charge in [0.2, 0.25) is 0 Å². The van der Waals surface area contributed by atoms with Gasteiger partial charge in [-0.25, -0.2) is 4.98 Å². The third-order valence-corrected chi connectivity index (χ3v) is 5.57. The second-order valence-corrected chi connectivity index (χ2v) is 8.03. The molecule has 4 rings (SSSR count). The Kier molecular flexibility index (Phi) is 5.10. The zero-order chi connectivity index (χ0) is 19.0. The average Bonchev–Trinajstić information content (AvgIpc) is 3.27. The molecule has 0 spiro atoms. The van der Waals surface area contributed by atoms with Gasteiger partial charge in [0.05, 0.1) is 22.1 Å². The molecule has 0 saturated carbocycles. The van der Waals surface area contributed by atoms with Gasteiger partial charge < -0.3 is 14.6 Å². The van der Waals surface area contributed by atoms with Crippen molar-refractivity contribution in [2.24, 2.45) is 0 Å². The Morgan fingerprint density at radius 3 is 3.00 bits per heavy atom. The van der Waals surface area contributed by atoms with Crippen LogP contribution in [0.2, 0.25) is 5.02 Å². The minimum Gasteiger partial charge on any atom is -0.482 e. The number of rotatable bonds is 4. The lowest BCUT2D eigenvalue weighted by molar-refractivity contribution is -0.134. The second-order valence-electron chi connectivity index (χ2n) is 6.71. The number of imidazole rings is 1. The summed E-state index contributed by atoms with van der Waals surface area (Å²) in [4.78, 5) is 22.7. The van der Waals surface area contributed by atoms with Crippen molar-refractivity contribution in [3.05, 3.63) is 57.3 Å². The van der Waals surface area contributed by atoms with Crippen molar-refractivity contribution in [1.29, 1.82) is 0 Å². The number of nitrogens with zero attached hydrogens (tertiary/aromatic N) is 2. The van der Waals surface area contributed by atoms with Gasteiger partial charge in [0.15, 0.2) is 6.61 Å². The van der Waals surface area contributed by atoms with E-state index >= 15 is 0 Å². The van der Waals surface area contributed by atoms with Crippen molar-refractivity contribution in [1.82, 2.24) is 14.9 Å². The maximum atomic E-state index is 12.8. The lowest BCUT2D eigenvalue weighted by Crippen LogP contribution is -2.35. The molecule has 1 aliphatic heterocycles. The second kappa shape index (κ2) is 7.52. The first-order valence-electron chi connectivity index (χ1n) is 8.85. The first kappa shape index (κ1) is 18.3. The number of likely N-dealkylation sites (tertiary alicyclic amines) is 1. The van der Waals surface area contributed by atoms with Crippen LogP contribution in [0.1, 0.15) is 30.3 Å². The molecule has 1 fully saturated rings. The quantitative estimate of drug-likeness (QED) is 0.609. The summed E-state index contributed by atoms with van der Waals surface area (Å²) in [6.07, 6.45) is 1.84. The molecule has 0 aliphatic carbocycles. The van der Waals surface area contributed by atoms with E-state index in [1.54, 1.807) is 6.07 Å². The van der Waals surface area contributed by atoms with Crippen molar-refractivity contribution < 1.29 is 9.53 Å². The monoisotopic (exact) mass is 447 g/mol. The highest BCUT2D eigenvalue weighted by Gasteiger charge is 2.32. The lowest BCUT2D eigenvalue weighted by Gasteiger charge is -2.23. The Balaban J connectivity index is 1.49. The van der Waals surface area contributed by atoms with Gasteiger partial charge in [-0.15, -0.1) is 0 Å². The van der Waals surface area contributed by atoms with Crippen LogP contribution >= 0.6 is 27.5 Å². The fraction of sp³-hybridized carbons (Fsp3) is 0.300. The number of para-hydroxylation sites is 2. The van der Waals surface area contributed by atoms with Crippen LogP contribution in [0.15, 0.2) is 40.9 Å². The topological polar surface area (TPSA) is 58.2 Å². The number of aromatic nitrogens is 2. The molecule has 2 aromatic carbocycles. The van der Waals surface area contributed by atoms with Gasteiger partial charge in [0, 0.05) is 11.0 Å². The molecule has 1 aromatic heterocycles. The number of ether oxygens (including phenoxy) is 1. The normalized spacial score (nSPS) is 16.9. The fourth-order valence-corrected chi connectivity index (χ4v) is 4.59. The van der Waals surface area contributed by atoms with Crippen LogP contribution in [0.3, 0.4) is 0 Å². The first-order valence-corrected chi connectivity index (χ1v) is 10.0. The molecule has 7 heteroatoms. The summed E-state index contributed by atoms with van der Waals surface area (Å²) in [5, 5.41) is 0.491. The average molecular weight is 449 g/mol. The molecule has 1 atom stereocenters. The fourth-order valence-electron chi connectivity index (χ4n) is 3.57. The summed E-state index contributed by atoms with van der Waals surface area (Å²) >= 11 is 9.66. The molecular weight excluding hydrogens is 430 g/mol. The van der Waals surface area contributed by atoms with Gasteiger partial charge in [0.1, 0.15) is 11.6 Å². The smallest absolute Gasteiger partial charge is 0.261 e. The van der Waals surface area contributed by atoms with Crippen LogP contribution in [0.4, 0.5) is 0 Å². The number of carbonyl (C=O) groups excluding carboxylic acids is 1. The Morgan fingerprint density at radius 2 is 2.22 bits per heavy atom. The Morgan fingerprint density at radius 1 is 1.41 bits per heavy atom. The molecule has 1 amide bonds. The molecular formula is C20H19BrClN3O2. The van der Waals surface area contributed by atoms with Gasteiger partial charge in [-0.3, -0.25) is 4.79 Å². The van der Waals surface area contributed by atoms with Crippen LogP contribution in [0, 0.1) is 6.92 Å². The number of hydrogen-bond acceptors (Lipinski definition) is 3. The number of aryl methyl sites for hydroxylation is 1. The predicted octanol–water partition coefficient (Wildman–Crippen LogP) is 5.03. The number of fused-ring (bicyclic) bond motifs is 1. The highest BCUT2D eigenvalue weighted by atomic mass is 79.9. The summed E-state index contributed by atoms with van der Waals surface area (Å²) in [5.41, 5.74) is 2.79. The molecule has 0 unspecified atom stereocenters. The predicted molar refractivity (Wildman–Crippen MR) is 109 cm³/mol. The SMILES string of the molecule is Cc1cc(Br)cc(Cl)c1OCC(=O)N1CCC[C@@H]1c1nc2ccccc2[nH]1. The van der Waals surface area contributed by atoms with E-state index in [2.05, 4.69) is 25.9 Å². The van der Waals surface area contributed by atoms with Crippen LogP contribution < -0.4 is 4.74 Å². The first-order chi connectivity index (χ1) is 13.0. The number of hydrogen-bond donors (Lipinski definition) is 1. The van der Waals surface area contributed by atoms with Gasteiger partial charge in [-0.1, -0.05) is 39.7 Å². The van der Waals surface area contributed by atoms with Crippen LogP contribution in [-0.2, 0) is 4.79 Å². The van der Waals surface area contributed by atoms with Gasteiger partial charge in [0.25, 0.3) is 5.91 Å². The molecule has 3 aromatic rings. The number of carbonyl (C=O) groups is 1. The largest absolute Gasteiger partial charge is 0.482 e. The van der Waals surface area contributed by atoms with Gasteiger partial charge in [-0.05, 0) is 49.6 Å². The summed E-state index contributed by atoms with van der Waals surface area (Å²) in [6.45, 7) is 2.57. The molecule has 0 bridgehead atoms. The number of H-pyrrole nitrogens is 1. The standard InChI is InChI=1S/C20H19BrClN3O2/c1-12-9-13(21)10-14(22)19(12)27-11-18(26)25-8-4-7-17(25)20-23-15-5-2-3-6-16(15)24-20/h2-3,5-6,9-10,17H,4,7-8,11H2,1H3,(H,23,24)/t17-/m1/s1. The Labute approximate surface area is 170 Å². The maximum Gasteiger partial charge on any atom is 0.261 e. The van der Waals surface area contributed by atoms with E-state index in [0.29, 0.717) is 17.3 Å². The molecule has 27 heavy (non-hydrogen) atoms. The van der Waals surface area contributed by atoms with Crippen molar-refractivity contribution >= 4 is 44.5 Å². The summed E-state index contributed by atoms with van der Waals surface area (Å²) in [5.74, 6) is 1.32. The molecule has 5 nitrogen and oxygen atoms in total. The van der Waals surface area contributed by atoms with Crippen molar-refractivity contribution in [3.63, 3.8) is 0 Å². The molecule has 1 N–H and O–H groups in total. The van der Waals surface area contributed by atoms with Crippen LogP contribution in [0.25, 0.3) is 11.0 Å². The van der Waals surface area contributed by atoms with Crippen molar-refractivity contribution in [3.8, 4) is 5.75 Å². The van der Waals surface area contributed by atoms with Crippen LogP contribution in [-0.4, -0.2) is 33.9 Å². The number of amides is 1. The molecule has 140 valence electrons. The highest BCUT2D eigenvalue weighted by molar-refractivity contribution is 9.10. The molecule has 1 saturated heterocycles. The Bertz CT molecular complexity index is 948. The lowest BCUT2D eigenvalue weighted by atomic mass is 10.2. The minimum absolute atomic E-state index is 0.0427. The van der Waals surface area contributed by atoms with Gasteiger partial charge >= 0.3 is 0 Å². The van der Waals surface area contributed by atoms with Crippen molar-refractivity contribution in [2.45, 2.75) is 25.8 Å². The van der Waals surface area contributed by atoms with E-state index in [0.717, 1.165) is 39.7 Å². The van der Waals surface area contributed by atoms with Crippen molar-refractivity contribution in [2.75, 3.05) is 13.2 Å². The summed E-state index contributed by atoms with van der Waals surface area (Å²) in [6, 6.07) is 11.5. The van der Waals surface area contributed by atoms with E-state index in [-0.39, 0.29) is 18.6 Å². The minimum atomic E-state index is -0.0589. The Hall–Kier alpha value is -2.05.